The Morgan fingerprint density at radius 2 is 2.03 bits per heavy atom. The van der Waals surface area contributed by atoms with Gasteiger partial charge in [-0.05, 0) is 50.8 Å². The van der Waals surface area contributed by atoms with E-state index in [-0.39, 0.29) is 23.4 Å². The van der Waals surface area contributed by atoms with Crippen molar-refractivity contribution < 1.29 is 15.0 Å². The van der Waals surface area contributed by atoms with Gasteiger partial charge in [-0.25, -0.2) is 9.48 Å². The highest BCUT2D eigenvalue weighted by Gasteiger charge is 2.21. The zero-order valence-electron chi connectivity index (χ0n) is 16.5. The molecule has 1 fully saturated rings. The Labute approximate surface area is 172 Å². The van der Waals surface area contributed by atoms with Gasteiger partial charge >= 0.3 is 5.97 Å². The largest absolute Gasteiger partial charge is 0.507 e. The first-order valence-electron chi connectivity index (χ1n) is 9.91. The van der Waals surface area contributed by atoms with Gasteiger partial charge in [-0.2, -0.15) is 9.97 Å². The molecule has 0 unspecified atom stereocenters. The minimum Gasteiger partial charge on any atom is -0.507 e. The van der Waals surface area contributed by atoms with Crippen LogP contribution >= 0.6 is 0 Å². The summed E-state index contributed by atoms with van der Waals surface area (Å²) in [4.78, 5) is 20.5. The van der Waals surface area contributed by atoms with Gasteiger partial charge in [0, 0.05) is 24.3 Å². The fourth-order valence-electron chi connectivity index (χ4n) is 3.59. The molecule has 3 aromatic rings. The second kappa shape index (κ2) is 8.11. The molecule has 1 aliphatic carbocycles. The van der Waals surface area contributed by atoms with Crippen LogP contribution in [0.3, 0.4) is 0 Å². The second-order valence-corrected chi connectivity index (χ2v) is 7.39. The molecule has 2 heterocycles. The maximum Gasteiger partial charge on any atom is 0.339 e. The summed E-state index contributed by atoms with van der Waals surface area (Å²) in [6.45, 7) is 2.53. The van der Waals surface area contributed by atoms with Crippen LogP contribution in [0.1, 0.15) is 43.0 Å². The van der Waals surface area contributed by atoms with E-state index < -0.39 is 5.97 Å². The Morgan fingerprint density at radius 1 is 1.27 bits per heavy atom. The van der Waals surface area contributed by atoms with Gasteiger partial charge in [-0.1, -0.05) is 5.21 Å². The van der Waals surface area contributed by atoms with Crippen LogP contribution in [0.2, 0.25) is 0 Å². The van der Waals surface area contributed by atoms with E-state index >= 15 is 0 Å². The first kappa shape index (κ1) is 19.8. The molecule has 11 nitrogen and oxygen atoms in total. The van der Waals surface area contributed by atoms with E-state index in [2.05, 4.69) is 30.9 Å². The Bertz CT molecular complexity index is 1080. The number of nitrogens with two attached hydrogens (primary N) is 1. The van der Waals surface area contributed by atoms with Gasteiger partial charge in [0.05, 0.1) is 0 Å². The standard InChI is InChI=1S/C19H24N8O3/c1-2-27-17-15(25-26-27)16(21-12-7-8-14(28)13(9-12)18(29)30)23-19(24-17)22-11-5-3-10(20)4-6-11/h7-11,28H,2-6,20H2,1H3,(H,29,30)(H2,21,22,23,24). The molecule has 0 aliphatic heterocycles. The van der Waals surface area contributed by atoms with Crippen LogP contribution < -0.4 is 16.4 Å². The number of phenols is 1. The summed E-state index contributed by atoms with van der Waals surface area (Å²) < 4.78 is 1.67. The number of hydrogen-bond acceptors (Lipinski definition) is 9. The number of hydrogen-bond donors (Lipinski definition) is 5. The molecule has 6 N–H and O–H groups in total. The van der Waals surface area contributed by atoms with E-state index in [0.29, 0.717) is 35.2 Å². The Kier molecular flexibility index (Phi) is 5.36. The summed E-state index contributed by atoms with van der Waals surface area (Å²) in [6.07, 6.45) is 3.78. The molecule has 1 aliphatic rings. The van der Waals surface area contributed by atoms with E-state index in [0.717, 1.165) is 25.7 Å². The first-order chi connectivity index (χ1) is 14.4. The summed E-state index contributed by atoms with van der Waals surface area (Å²) in [6, 6.07) is 4.69. The quantitative estimate of drug-likeness (QED) is 0.378. The number of aryl methyl sites for hydroxylation is 1. The van der Waals surface area contributed by atoms with E-state index in [9.17, 15) is 15.0 Å². The third-order valence-corrected chi connectivity index (χ3v) is 5.26. The number of carbonyl (C=O) groups is 1. The van der Waals surface area contributed by atoms with E-state index in [1.807, 2.05) is 6.92 Å². The lowest BCUT2D eigenvalue weighted by Crippen LogP contribution is -2.33. The monoisotopic (exact) mass is 412 g/mol. The zero-order valence-corrected chi connectivity index (χ0v) is 16.5. The smallest absolute Gasteiger partial charge is 0.339 e. The number of aromatic carboxylic acids is 1. The van der Waals surface area contributed by atoms with Crippen LogP contribution in [0.15, 0.2) is 18.2 Å². The van der Waals surface area contributed by atoms with Gasteiger partial charge in [0.15, 0.2) is 17.0 Å². The third-order valence-electron chi connectivity index (χ3n) is 5.26. The molecule has 0 saturated heterocycles. The van der Waals surface area contributed by atoms with E-state index in [1.165, 1.54) is 12.1 Å². The first-order valence-corrected chi connectivity index (χ1v) is 9.91. The molecule has 1 aromatic carbocycles. The molecule has 158 valence electrons. The van der Waals surface area contributed by atoms with Gasteiger partial charge in [0.25, 0.3) is 0 Å². The average molecular weight is 412 g/mol. The summed E-state index contributed by atoms with van der Waals surface area (Å²) in [5, 5.41) is 33.8. The van der Waals surface area contributed by atoms with Crippen molar-refractivity contribution in [2.45, 2.75) is 51.2 Å². The van der Waals surface area contributed by atoms with Crippen molar-refractivity contribution in [1.29, 1.82) is 0 Å². The second-order valence-electron chi connectivity index (χ2n) is 7.39. The minimum absolute atomic E-state index is 0.209. The van der Waals surface area contributed by atoms with Crippen LogP contribution in [-0.4, -0.2) is 53.2 Å². The van der Waals surface area contributed by atoms with Crippen molar-refractivity contribution in [3.63, 3.8) is 0 Å². The number of aromatic nitrogens is 5. The normalized spacial score (nSPS) is 19.0. The van der Waals surface area contributed by atoms with E-state index in [4.69, 9.17) is 5.73 Å². The van der Waals surface area contributed by atoms with Gasteiger partial charge in [-0.15, -0.1) is 5.10 Å². The highest BCUT2D eigenvalue weighted by Crippen LogP contribution is 2.28. The molecule has 11 heteroatoms. The van der Waals surface area contributed by atoms with Crippen molar-refractivity contribution in [1.82, 2.24) is 25.0 Å². The fourth-order valence-corrected chi connectivity index (χ4v) is 3.59. The average Bonchev–Trinajstić information content (AvgIpc) is 3.14. The van der Waals surface area contributed by atoms with E-state index in [1.54, 1.807) is 10.7 Å². The van der Waals surface area contributed by atoms with Gasteiger partial charge in [0.2, 0.25) is 5.95 Å². The summed E-state index contributed by atoms with van der Waals surface area (Å²) >= 11 is 0. The molecule has 30 heavy (non-hydrogen) atoms. The van der Waals surface area contributed by atoms with Gasteiger partial charge < -0.3 is 26.6 Å². The zero-order chi connectivity index (χ0) is 21.3. The molecule has 0 radical (unpaired) electrons. The molecule has 0 amide bonds. The maximum absolute atomic E-state index is 11.3. The van der Waals surface area contributed by atoms with Crippen molar-refractivity contribution in [2.75, 3.05) is 10.6 Å². The number of nitrogens with zero attached hydrogens (tertiary/aromatic N) is 5. The number of fused-ring (bicyclic) bond motifs is 1. The lowest BCUT2D eigenvalue weighted by Gasteiger charge is -2.26. The Balaban J connectivity index is 1.68. The molecular formula is C19H24N8O3. The highest BCUT2D eigenvalue weighted by molar-refractivity contribution is 5.93. The lowest BCUT2D eigenvalue weighted by molar-refractivity contribution is 0.0694. The van der Waals surface area contributed by atoms with Crippen molar-refractivity contribution in [3.8, 4) is 5.75 Å². The highest BCUT2D eigenvalue weighted by atomic mass is 16.4. The minimum atomic E-state index is -1.22. The molecule has 0 atom stereocenters. The van der Waals surface area contributed by atoms with Crippen LogP contribution in [0.4, 0.5) is 17.5 Å². The lowest BCUT2D eigenvalue weighted by atomic mass is 9.92. The number of benzene rings is 1. The predicted octanol–water partition coefficient (Wildman–Crippen LogP) is 2.07. The summed E-state index contributed by atoms with van der Waals surface area (Å²) in [5.41, 5.74) is 7.28. The Hall–Kier alpha value is -3.47. The topological polar surface area (TPSA) is 164 Å². The summed E-state index contributed by atoms with van der Waals surface area (Å²) in [7, 11) is 0. The van der Waals surface area contributed by atoms with Gasteiger partial charge in [0.1, 0.15) is 11.3 Å². The number of carboxylic acids is 1. The number of carboxylic acid groups (broad SMARTS) is 1. The van der Waals surface area contributed by atoms with Crippen molar-refractivity contribution >= 4 is 34.6 Å². The summed E-state index contributed by atoms with van der Waals surface area (Å²) in [5.74, 6) is -0.689. The SMILES string of the molecule is CCn1nnc2c(Nc3ccc(O)c(C(=O)O)c3)nc(NC3CCC(N)CC3)nc21. The third kappa shape index (κ3) is 3.96. The number of rotatable bonds is 6. The van der Waals surface area contributed by atoms with Crippen LogP contribution in [0.25, 0.3) is 11.2 Å². The van der Waals surface area contributed by atoms with Crippen molar-refractivity contribution in [2.24, 2.45) is 5.73 Å². The fraction of sp³-hybridized carbons (Fsp3) is 0.421. The number of anilines is 3. The maximum atomic E-state index is 11.3. The molecule has 4 rings (SSSR count). The predicted molar refractivity (Wildman–Crippen MR) is 111 cm³/mol. The van der Waals surface area contributed by atoms with Crippen LogP contribution in [-0.2, 0) is 6.54 Å². The molecule has 1 saturated carbocycles. The van der Waals surface area contributed by atoms with Gasteiger partial charge in [-0.3, -0.25) is 0 Å². The Morgan fingerprint density at radius 3 is 2.73 bits per heavy atom. The van der Waals surface area contributed by atoms with Crippen molar-refractivity contribution in [3.05, 3.63) is 23.8 Å². The molecule has 2 aromatic heterocycles. The molecule has 0 bridgehead atoms. The molecule has 0 spiro atoms. The van der Waals surface area contributed by atoms with Crippen LogP contribution in [0, 0.1) is 0 Å². The number of nitrogens with one attached hydrogen (secondary N) is 2. The molecular weight excluding hydrogens is 388 g/mol. The number of aromatic hydroxyl groups is 1. The van der Waals surface area contributed by atoms with Crippen LogP contribution in [0.5, 0.6) is 5.75 Å².